The van der Waals surface area contributed by atoms with E-state index in [1.165, 1.54) is 16.6 Å². The lowest BCUT2D eigenvalue weighted by molar-refractivity contribution is -0.122. The molecule has 0 spiro atoms. The van der Waals surface area contributed by atoms with Gasteiger partial charge in [-0.3, -0.25) is 4.79 Å². The first-order chi connectivity index (χ1) is 10.5. The number of aryl methyl sites for hydroxylation is 2. The third-order valence-corrected chi connectivity index (χ3v) is 5.03. The lowest BCUT2D eigenvalue weighted by Gasteiger charge is -2.14. The van der Waals surface area contributed by atoms with Crippen molar-refractivity contribution in [2.45, 2.75) is 52.1 Å². The first-order valence-electron chi connectivity index (χ1n) is 8.14. The zero-order chi connectivity index (χ0) is 15.7. The molecule has 4 N–H and O–H groups in total. The number of aromatic nitrogens is 1. The van der Waals surface area contributed by atoms with E-state index in [0.717, 1.165) is 30.3 Å². The highest BCUT2D eigenvalue weighted by Crippen LogP contribution is 2.26. The molecular formula is C18H25N3O. The van der Waals surface area contributed by atoms with Crippen LogP contribution >= 0.6 is 0 Å². The molecule has 1 fully saturated rings. The Kier molecular flexibility index (Phi) is 4.21. The number of benzene rings is 1. The van der Waals surface area contributed by atoms with E-state index in [0.29, 0.717) is 18.9 Å². The van der Waals surface area contributed by atoms with Crippen molar-refractivity contribution in [3.63, 3.8) is 0 Å². The summed E-state index contributed by atoms with van der Waals surface area (Å²) < 4.78 is 0. The Morgan fingerprint density at radius 1 is 1.36 bits per heavy atom. The predicted octanol–water partition coefficient (Wildman–Crippen LogP) is 2.92. The van der Waals surface area contributed by atoms with Crippen LogP contribution in [0.3, 0.4) is 0 Å². The van der Waals surface area contributed by atoms with Gasteiger partial charge in [0, 0.05) is 35.6 Å². The van der Waals surface area contributed by atoms with Crippen LogP contribution in [0.25, 0.3) is 10.9 Å². The Hall–Kier alpha value is -1.81. The van der Waals surface area contributed by atoms with Crippen molar-refractivity contribution in [2.24, 2.45) is 11.7 Å². The summed E-state index contributed by atoms with van der Waals surface area (Å²) >= 11 is 0. The zero-order valence-corrected chi connectivity index (χ0v) is 13.4. The summed E-state index contributed by atoms with van der Waals surface area (Å²) in [5.74, 6) is 0.474. The van der Waals surface area contributed by atoms with E-state index >= 15 is 0 Å². The fourth-order valence-electron chi connectivity index (χ4n) is 3.45. The van der Waals surface area contributed by atoms with E-state index in [4.69, 9.17) is 5.73 Å². The van der Waals surface area contributed by atoms with Crippen molar-refractivity contribution in [1.82, 2.24) is 10.3 Å². The summed E-state index contributed by atoms with van der Waals surface area (Å²) in [5, 5.41) is 4.27. The lowest BCUT2D eigenvalue weighted by Crippen LogP contribution is -2.31. The van der Waals surface area contributed by atoms with Crippen LogP contribution in [0.1, 0.15) is 42.5 Å². The van der Waals surface area contributed by atoms with Crippen molar-refractivity contribution in [3.05, 3.63) is 35.0 Å². The Morgan fingerprint density at radius 2 is 2.18 bits per heavy atom. The number of fused-ring (bicyclic) bond motifs is 1. The third kappa shape index (κ3) is 3.02. The molecule has 1 aromatic carbocycles. The highest BCUT2D eigenvalue weighted by Gasteiger charge is 2.25. The van der Waals surface area contributed by atoms with Gasteiger partial charge in [0.2, 0.25) is 5.91 Å². The second-order valence-corrected chi connectivity index (χ2v) is 6.59. The maximum absolute atomic E-state index is 12.1. The van der Waals surface area contributed by atoms with Crippen molar-refractivity contribution in [2.75, 3.05) is 0 Å². The number of carbonyl (C=O) groups is 1. The van der Waals surface area contributed by atoms with Crippen LogP contribution in [0.4, 0.5) is 0 Å². The summed E-state index contributed by atoms with van der Waals surface area (Å²) in [6.45, 7) is 4.79. The van der Waals surface area contributed by atoms with Crippen LogP contribution in [0.5, 0.6) is 0 Å². The number of rotatable bonds is 4. The third-order valence-electron chi connectivity index (χ3n) is 5.03. The summed E-state index contributed by atoms with van der Waals surface area (Å²) in [6.07, 6.45) is 3.86. The molecule has 2 atom stereocenters. The second kappa shape index (κ2) is 6.13. The highest BCUT2D eigenvalue weighted by atomic mass is 16.1. The fraction of sp³-hybridized carbons (Fsp3) is 0.500. The SMILES string of the molecule is Cc1[nH]c2ccc(CNC(=O)C[C@@H]3CCC[C@H]3N)cc2c1C. The van der Waals surface area contributed by atoms with Gasteiger partial charge in [0.15, 0.2) is 0 Å². The summed E-state index contributed by atoms with van der Waals surface area (Å²) in [7, 11) is 0. The van der Waals surface area contributed by atoms with Crippen LogP contribution in [0.15, 0.2) is 18.2 Å². The molecule has 1 aromatic heterocycles. The lowest BCUT2D eigenvalue weighted by atomic mass is 10.00. The minimum Gasteiger partial charge on any atom is -0.358 e. The van der Waals surface area contributed by atoms with Gasteiger partial charge in [-0.1, -0.05) is 12.5 Å². The number of hydrogen-bond acceptors (Lipinski definition) is 2. The number of aromatic amines is 1. The molecule has 1 aliphatic rings. The molecule has 2 aromatic rings. The van der Waals surface area contributed by atoms with Gasteiger partial charge >= 0.3 is 0 Å². The maximum Gasteiger partial charge on any atom is 0.220 e. The standard InChI is InChI=1S/C18H25N3O/c1-11-12(2)21-17-7-6-13(8-15(11)17)10-20-18(22)9-14-4-3-5-16(14)19/h6-8,14,16,21H,3-5,9-10,19H2,1-2H3,(H,20,22)/t14-,16+/m0/s1. The summed E-state index contributed by atoms with van der Waals surface area (Å²) in [4.78, 5) is 15.5. The number of amides is 1. The van der Waals surface area contributed by atoms with Gasteiger partial charge in [-0.2, -0.15) is 0 Å². The van der Waals surface area contributed by atoms with E-state index in [9.17, 15) is 4.79 Å². The Bertz CT molecular complexity index is 689. The van der Waals surface area contributed by atoms with Crippen LogP contribution < -0.4 is 11.1 Å². The molecule has 118 valence electrons. The predicted molar refractivity (Wildman–Crippen MR) is 89.6 cm³/mol. The van der Waals surface area contributed by atoms with Crippen molar-refractivity contribution in [3.8, 4) is 0 Å². The number of nitrogens with one attached hydrogen (secondary N) is 2. The molecule has 0 aliphatic heterocycles. The first kappa shape index (κ1) is 15.1. The molecule has 0 bridgehead atoms. The van der Waals surface area contributed by atoms with Crippen molar-refractivity contribution >= 4 is 16.8 Å². The zero-order valence-electron chi connectivity index (χ0n) is 13.4. The minimum absolute atomic E-state index is 0.115. The molecule has 22 heavy (non-hydrogen) atoms. The van der Waals surface area contributed by atoms with Crippen molar-refractivity contribution < 1.29 is 4.79 Å². The monoisotopic (exact) mass is 299 g/mol. The van der Waals surface area contributed by atoms with Gasteiger partial charge in [0.25, 0.3) is 0 Å². The molecule has 1 amide bonds. The second-order valence-electron chi connectivity index (χ2n) is 6.59. The Labute approximate surface area is 131 Å². The van der Waals surface area contributed by atoms with Crippen molar-refractivity contribution in [1.29, 1.82) is 0 Å². The van der Waals surface area contributed by atoms with Crippen LogP contribution in [0, 0.1) is 19.8 Å². The van der Waals surface area contributed by atoms with Gasteiger partial charge < -0.3 is 16.0 Å². The van der Waals surface area contributed by atoms with E-state index in [1.54, 1.807) is 0 Å². The average Bonchev–Trinajstić information content (AvgIpc) is 3.02. The molecule has 0 saturated heterocycles. The normalized spacial score (nSPS) is 21.4. The van der Waals surface area contributed by atoms with Gasteiger partial charge in [0.1, 0.15) is 0 Å². The van der Waals surface area contributed by atoms with E-state index in [2.05, 4.69) is 42.3 Å². The van der Waals surface area contributed by atoms with Crippen LogP contribution in [-0.2, 0) is 11.3 Å². The highest BCUT2D eigenvalue weighted by molar-refractivity contribution is 5.85. The van der Waals surface area contributed by atoms with Gasteiger partial charge in [-0.15, -0.1) is 0 Å². The maximum atomic E-state index is 12.1. The molecule has 4 heteroatoms. The Balaban J connectivity index is 1.61. The van der Waals surface area contributed by atoms with Gasteiger partial charge in [0.05, 0.1) is 0 Å². The molecule has 0 unspecified atom stereocenters. The molecule has 1 heterocycles. The first-order valence-corrected chi connectivity index (χ1v) is 8.14. The van der Waals surface area contributed by atoms with Crippen LogP contribution in [-0.4, -0.2) is 16.9 Å². The van der Waals surface area contributed by atoms with Gasteiger partial charge in [-0.25, -0.2) is 0 Å². The molecule has 0 radical (unpaired) electrons. The minimum atomic E-state index is 0.115. The molecule has 1 aliphatic carbocycles. The number of H-pyrrole nitrogens is 1. The quantitative estimate of drug-likeness (QED) is 0.812. The number of hydrogen-bond donors (Lipinski definition) is 3. The molecular weight excluding hydrogens is 274 g/mol. The fourth-order valence-corrected chi connectivity index (χ4v) is 3.45. The molecule has 4 nitrogen and oxygen atoms in total. The summed E-state index contributed by atoms with van der Waals surface area (Å²) in [6, 6.07) is 6.52. The largest absolute Gasteiger partial charge is 0.358 e. The van der Waals surface area contributed by atoms with E-state index in [-0.39, 0.29) is 11.9 Å². The summed E-state index contributed by atoms with van der Waals surface area (Å²) in [5.41, 5.74) is 10.8. The molecule has 1 saturated carbocycles. The van der Waals surface area contributed by atoms with E-state index < -0.39 is 0 Å². The molecule has 3 rings (SSSR count). The Morgan fingerprint density at radius 3 is 2.91 bits per heavy atom. The number of carbonyl (C=O) groups excluding carboxylic acids is 1. The van der Waals surface area contributed by atoms with Gasteiger partial charge in [-0.05, 0) is 55.9 Å². The topological polar surface area (TPSA) is 70.9 Å². The number of nitrogens with two attached hydrogens (primary N) is 1. The van der Waals surface area contributed by atoms with E-state index in [1.807, 2.05) is 0 Å². The smallest absolute Gasteiger partial charge is 0.220 e. The average molecular weight is 299 g/mol. The van der Waals surface area contributed by atoms with Crippen LogP contribution in [0.2, 0.25) is 0 Å².